The number of amidine groups is 1. The summed E-state index contributed by atoms with van der Waals surface area (Å²) in [6.07, 6.45) is 2.10. The highest BCUT2D eigenvalue weighted by Gasteiger charge is 2.04. The Morgan fingerprint density at radius 3 is 2.43 bits per heavy atom. The molecular weight excluding hydrogens is 280 g/mol. The molecule has 110 valence electrons. The van der Waals surface area contributed by atoms with Gasteiger partial charge in [-0.1, -0.05) is 59.8 Å². The van der Waals surface area contributed by atoms with Gasteiger partial charge in [0.15, 0.2) is 5.84 Å². The third kappa shape index (κ3) is 4.53. The van der Waals surface area contributed by atoms with Crippen LogP contribution in [0.3, 0.4) is 0 Å². The second-order valence-corrected chi connectivity index (χ2v) is 5.91. The van der Waals surface area contributed by atoms with Gasteiger partial charge >= 0.3 is 0 Å². The van der Waals surface area contributed by atoms with Gasteiger partial charge in [0.2, 0.25) is 0 Å². The van der Waals surface area contributed by atoms with Crippen LogP contribution in [0.5, 0.6) is 0 Å². The summed E-state index contributed by atoms with van der Waals surface area (Å²) in [6, 6.07) is 18.0. The van der Waals surface area contributed by atoms with Gasteiger partial charge in [0.05, 0.1) is 0 Å². The lowest BCUT2D eigenvalue weighted by Crippen LogP contribution is -2.13. The summed E-state index contributed by atoms with van der Waals surface area (Å²) in [5, 5.41) is 4.45. The summed E-state index contributed by atoms with van der Waals surface area (Å²) in [5.41, 5.74) is 9.16. The second kappa shape index (κ2) is 7.74. The quantitative estimate of drug-likeness (QED) is 0.499. The van der Waals surface area contributed by atoms with Crippen LogP contribution in [0.2, 0.25) is 0 Å². The zero-order valence-corrected chi connectivity index (χ0v) is 13.1. The fourth-order valence-electron chi connectivity index (χ4n) is 1.86. The molecule has 0 aliphatic carbocycles. The number of oxime groups is 1. The minimum absolute atomic E-state index is 0.397. The lowest BCUT2D eigenvalue weighted by atomic mass is 10.1. The van der Waals surface area contributed by atoms with E-state index in [9.17, 15) is 0 Å². The molecule has 2 N–H and O–H groups in total. The molecule has 0 heterocycles. The van der Waals surface area contributed by atoms with Crippen LogP contribution in [0.25, 0.3) is 0 Å². The molecule has 3 nitrogen and oxygen atoms in total. The highest BCUT2D eigenvalue weighted by atomic mass is 32.2. The molecule has 21 heavy (non-hydrogen) atoms. The molecule has 2 aromatic carbocycles. The van der Waals surface area contributed by atoms with E-state index in [4.69, 9.17) is 10.6 Å². The Bertz CT molecular complexity index is 581. The summed E-state index contributed by atoms with van der Waals surface area (Å²) >= 11 is 1.82. The minimum atomic E-state index is 0.397. The van der Waals surface area contributed by atoms with Crippen LogP contribution < -0.4 is 5.73 Å². The average Bonchev–Trinajstić information content (AvgIpc) is 2.55. The van der Waals surface area contributed by atoms with Crippen LogP contribution in [-0.2, 0) is 11.4 Å². The normalized spacial score (nSPS) is 13.0. The van der Waals surface area contributed by atoms with Crippen LogP contribution in [0.1, 0.15) is 28.9 Å². The first-order valence-corrected chi connectivity index (χ1v) is 8.12. The van der Waals surface area contributed by atoms with Gasteiger partial charge in [-0.15, -0.1) is 0 Å². The Labute approximate surface area is 130 Å². The molecule has 0 aliphatic heterocycles. The van der Waals surface area contributed by atoms with E-state index in [1.54, 1.807) is 0 Å². The SMILES string of the molecule is CSC(C)c1ccc(C(N)=NOCc2ccccc2)cc1. The molecule has 4 heteroatoms. The van der Waals surface area contributed by atoms with Crippen LogP contribution in [0, 0.1) is 0 Å². The lowest BCUT2D eigenvalue weighted by molar-refractivity contribution is 0.130. The third-order valence-corrected chi connectivity index (χ3v) is 4.25. The van der Waals surface area contributed by atoms with E-state index in [2.05, 4.69) is 30.5 Å². The summed E-state index contributed by atoms with van der Waals surface area (Å²) in [6.45, 7) is 2.60. The van der Waals surface area contributed by atoms with Crippen molar-refractivity contribution in [1.82, 2.24) is 0 Å². The van der Waals surface area contributed by atoms with E-state index < -0.39 is 0 Å². The van der Waals surface area contributed by atoms with Crippen LogP contribution >= 0.6 is 11.8 Å². The van der Waals surface area contributed by atoms with E-state index >= 15 is 0 Å². The first-order valence-electron chi connectivity index (χ1n) is 6.83. The monoisotopic (exact) mass is 300 g/mol. The summed E-state index contributed by atoms with van der Waals surface area (Å²) in [5.74, 6) is 0.397. The van der Waals surface area contributed by atoms with Gasteiger partial charge in [-0.3, -0.25) is 0 Å². The summed E-state index contributed by atoms with van der Waals surface area (Å²) in [4.78, 5) is 5.29. The van der Waals surface area contributed by atoms with E-state index in [0.29, 0.717) is 17.7 Å². The van der Waals surface area contributed by atoms with Crippen molar-refractivity contribution in [2.45, 2.75) is 18.8 Å². The molecule has 1 atom stereocenters. The molecular formula is C17H20N2OS. The number of nitrogens with zero attached hydrogens (tertiary/aromatic N) is 1. The maximum Gasteiger partial charge on any atom is 0.170 e. The van der Waals surface area contributed by atoms with Crippen LogP contribution in [-0.4, -0.2) is 12.1 Å². The molecule has 0 aromatic heterocycles. The van der Waals surface area contributed by atoms with Gasteiger partial charge in [-0.05, 0) is 24.3 Å². The van der Waals surface area contributed by atoms with Crippen molar-refractivity contribution in [3.63, 3.8) is 0 Å². The third-order valence-electron chi connectivity index (χ3n) is 3.27. The number of rotatable bonds is 6. The van der Waals surface area contributed by atoms with Gasteiger partial charge in [0.1, 0.15) is 6.61 Å². The highest BCUT2D eigenvalue weighted by Crippen LogP contribution is 2.25. The average molecular weight is 300 g/mol. The lowest BCUT2D eigenvalue weighted by Gasteiger charge is -2.09. The highest BCUT2D eigenvalue weighted by molar-refractivity contribution is 7.98. The van der Waals surface area contributed by atoms with Gasteiger partial charge in [0, 0.05) is 10.8 Å². The molecule has 0 amide bonds. The number of thioether (sulfide) groups is 1. The first-order chi connectivity index (χ1) is 10.2. The Morgan fingerprint density at radius 1 is 1.14 bits per heavy atom. The van der Waals surface area contributed by atoms with Crippen LogP contribution in [0.15, 0.2) is 59.8 Å². The van der Waals surface area contributed by atoms with Crippen molar-refractivity contribution in [1.29, 1.82) is 0 Å². The molecule has 0 radical (unpaired) electrons. The van der Waals surface area contributed by atoms with E-state index in [0.717, 1.165) is 11.1 Å². The standard InChI is InChI=1S/C17H20N2OS/c1-13(21-2)15-8-10-16(11-9-15)17(18)19-20-12-14-6-4-3-5-7-14/h3-11,13H,12H2,1-2H3,(H2,18,19). The van der Waals surface area contributed by atoms with E-state index in [1.165, 1.54) is 5.56 Å². The van der Waals surface area contributed by atoms with Gasteiger partial charge in [0.25, 0.3) is 0 Å². The summed E-state index contributed by atoms with van der Waals surface area (Å²) in [7, 11) is 0. The number of hydrogen-bond acceptors (Lipinski definition) is 3. The molecule has 0 aliphatic rings. The molecule has 0 bridgehead atoms. The van der Waals surface area contributed by atoms with Gasteiger partial charge < -0.3 is 10.6 Å². The molecule has 2 rings (SSSR count). The van der Waals surface area contributed by atoms with Crippen molar-refractivity contribution in [3.05, 3.63) is 71.3 Å². The minimum Gasteiger partial charge on any atom is -0.389 e. The Balaban J connectivity index is 1.96. The van der Waals surface area contributed by atoms with Crippen molar-refractivity contribution in [2.75, 3.05) is 6.26 Å². The van der Waals surface area contributed by atoms with Crippen molar-refractivity contribution >= 4 is 17.6 Å². The van der Waals surface area contributed by atoms with Crippen molar-refractivity contribution in [3.8, 4) is 0 Å². The Morgan fingerprint density at radius 2 is 1.81 bits per heavy atom. The predicted molar refractivity (Wildman–Crippen MR) is 90.3 cm³/mol. The fraction of sp³-hybridized carbons (Fsp3) is 0.235. The fourth-order valence-corrected chi connectivity index (χ4v) is 2.29. The summed E-state index contributed by atoms with van der Waals surface area (Å²) < 4.78 is 0. The molecule has 2 aromatic rings. The van der Waals surface area contributed by atoms with Crippen molar-refractivity contribution < 1.29 is 4.84 Å². The second-order valence-electron chi connectivity index (χ2n) is 4.74. The molecule has 0 saturated carbocycles. The van der Waals surface area contributed by atoms with Gasteiger partial charge in [-0.2, -0.15) is 11.8 Å². The maximum atomic E-state index is 5.94. The number of nitrogens with two attached hydrogens (primary N) is 1. The predicted octanol–water partition coefficient (Wildman–Crippen LogP) is 3.95. The Hall–Kier alpha value is -1.94. The molecule has 1 unspecified atom stereocenters. The molecule has 0 saturated heterocycles. The van der Waals surface area contributed by atoms with E-state index in [1.807, 2.05) is 54.2 Å². The topological polar surface area (TPSA) is 47.6 Å². The number of hydrogen-bond donors (Lipinski definition) is 1. The van der Waals surface area contributed by atoms with Gasteiger partial charge in [-0.25, -0.2) is 0 Å². The number of benzene rings is 2. The van der Waals surface area contributed by atoms with Crippen LogP contribution in [0.4, 0.5) is 0 Å². The molecule has 0 spiro atoms. The molecule has 0 fully saturated rings. The Kier molecular flexibility index (Phi) is 5.69. The van der Waals surface area contributed by atoms with Crippen molar-refractivity contribution in [2.24, 2.45) is 10.9 Å². The zero-order chi connectivity index (χ0) is 15.1. The smallest absolute Gasteiger partial charge is 0.170 e. The first kappa shape index (κ1) is 15.4. The largest absolute Gasteiger partial charge is 0.389 e. The van der Waals surface area contributed by atoms with E-state index in [-0.39, 0.29) is 0 Å². The maximum absolute atomic E-state index is 5.94. The zero-order valence-electron chi connectivity index (χ0n) is 12.3.